The molecule has 0 radical (unpaired) electrons. The van der Waals surface area contributed by atoms with Crippen molar-refractivity contribution in [2.75, 3.05) is 0 Å². The van der Waals surface area contributed by atoms with Crippen LogP contribution >= 0.6 is 11.3 Å². The molecule has 0 fully saturated rings. The zero-order valence-corrected chi connectivity index (χ0v) is 15.7. The summed E-state index contributed by atoms with van der Waals surface area (Å²) in [4.78, 5) is 5.63. The van der Waals surface area contributed by atoms with Gasteiger partial charge in [0.15, 0.2) is 0 Å². The van der Waals surface area contributed by atoms with Crippen LogP contribution in [0.5, 0.6) is 0 Å². The number of nitrogens with zero attached hydrogens (tertiary/aromatic N) is 4. The first-order valence-electron chi connectivity index (χ1n) is 8.63. The lowest BCUT2D eigenvalue weighted by molar-refractivity contribution is 0.596. The molecule has 0 aliphatic heterocycles. The Morgan fingerprint density at radius 1 is 1.04 bits per heavy atom. The Hall–Kier alpha value is -2.79. The van der Waals surface area contributed by atoms with Crippen LogP contribution < -0.4 is 0 Å². The average Bonchev–Trinajstić information content (AvgIpc) is 3.21. The minimum absolute atomic E-state index is 0.0530. The number of fused-ring (bicyclic) bond motifs is 4. The first-order valence-corrected chi connectivity index (χ1v) is 9.45. The summed E-state index contributed by atoms with van der Waals surface area (Å²) in [7, 11) is 0. The molecule has 0 aliphatic carbocycles. The molecule has 5 heteroatoms. The van der Waals surface area contributed by atoms with Crippen LogP contribution in [0.4, 0.5) is 0 Å². The van der Waals surface area contributed by atoms with E-state index in [1.807, 2.05) is 16.7 Å². The van der Waals surface area contributed by atoms with Gasteiger partial charge in [0.25, 0.3) is 0 Å². The summed E-state index contributed by atoms with van der Waals surface area (Å²) in [6.07, 6.45) is 3.63. The predicted octanol–water partition coefficient (Wildman–Crippen LogP) is 5.46. The molecule has 0 saturated carbocycles. The summed E-state index contributed by atoms with van der Waals surface area (Å²) >= 11 is 1.64. The molecule has 4 nitrogen and oxygen atoms in total. The third-order valence-electron chi connectivity index (χ3n) is 4.80. The zero-order chi connectivity index (χ0) is 17.9. The number of thiazole rings is 1. The van der Waals surface area contributed by atoms with Crippen LogP contribution in [0, 0.1) is 0 Å². The molecule has 0 N–H and O–H groups in total. The third-order valence-corrected chi connectivity index (χ3v) is 5.86. The predicted molar refractivity (Wildman–Crippen MR) is 108 cm³/mol. The van der Waals surface area contributed by atoms with Gasteiger partial charge >= 0.3 is 0 Å². The van der Waals surface area contributed by atoms with E-state index < -0.39 is 0 Å². The molecular formula is C21H18N4S. The molecule has 0 aliphatic rings. The van der Waals surface area contributed by atoms with Gasteiger partial charge in [-0.2, -0.15) is 0 Å². The second-order valence-corrected chi connectivity index (χ2v) is 8.57. The Balaban J connectivity index is 1.86. The number of pyridine rings is 1. The Labute approximate surface area is 155 Å². The van der Waals surface area contributed by atoms with E-state index in [1.165, 1.54) is 16.3 Å². The SMILES string of the molecule is CC(C)(C)c1cc(-c2nccc3c2sc2nncn23)cc2ccccc12. The van der Waals surface area contributed by atoms with E-state index in [4.69, 9.17) is 4.98 Å². The molecule has 26 heavy (non-hydrogen) atoms. The van der Waals surface area contributed by atoms with Gasteiger partial charge in [-0.3, -0.25) is 9.38 Å². The molecule has 5 aromatic rings. The van der Waals surface area contributed by atoms with Crippen LogP contribution in [0.1, 0.15) is 26.3 Å². The molecule has 0 spiro atoms. The largest absolute Gasteiger partial charge is 0.272 e. The monoisotopic (exact) mass is 358 g/mol. The third kappa shape index (κ3) is 2.24. The maximum absolute atomic E-state index is 4.73. The van der Waals surface area contributed by atoms with E-state index in [9.17, 15) is 0 Å². The highest BCUT2D eigenvalue weighted by Gasteiger charge is 2.20. The van der Waals surface area contributed by atoms with Gasteiger partial charge in [0, 0.05) is 11.8 Å². The Morgan fingerprint density at radius 2 is 1.88 bits per heavy atom. The lowest BCUT2D eigenvalue weighted by atomic mass is 9.82. The van der Waals surface area contributed by atoms with Crippen molar-refractivity contribution in [3.63, 3.8) is 0 Å². The molecule has 2 aromatic carbocycles. The molecule has 0 saturated heterocycles. The molecule has 3 heterocycles. The van der Waals surface area contributed by atoms with Gasteiger partial charge in [-0.05, 0) is 39.9 Å². The summed E-state index contributed by atoms with van der Waals surface area (Å²) in [5, 5.41) is 10.8. The van der Waals surface area contributed by atoms with Crippen molar-refractivity contribution in [2.45, 2.75) is 26.2 Å². The van der Waals surface area contributed by atoms with Crippen LogP contribution in [0.2, 0.25) is 0 Å². The zero-order valence-electron chi connectivity index (χ0n) is 14.9. The molecule has 5 rings (SSSR count). The van der Waals surface area contributed by atoms with Gasteiger partial charge in [0.05, 0.1) is 15.9 Å². The number of hydrogen-bond acceptors (Lipinski definition) is 4. The lowest BCUT2D eigenvalue weighted by Crippen LogP contribution is -2.12. The number of rotatable bonds is 1. The van der Waals surface area contributed by atoms with Gasteiger partial charge in [-0.1, -0.05) is 56.4 Å². The standard InChI is InChI=1S/C21H18N4S/c1-21(2,3)16-11-14(10-13-6-4-5-7-15(13)16)18-19-17(8-9-22-18)25-12-23-24-20(25)26-19/h4-12H,1-3H3. The second kappa shape index (κ2) is 5.35. The van der Waals surface area contributed by atoms with Crippen molar-refractivity contribution in [1.82, 2.24) is 19.6 Å². The van der Waals surface area contributed by atoms with Crippen LogP contribution in [-0.4, -0.2) is 19.6 Å². The number of benzene rings is 2. The first kappa shape index (κ1) is 15.5. The Morgan fingerprint density at radius 3 is 2.73 bits per heavy atom. The van der Waals surface area contributed by atoms with E-state index in [0.29, 0.717) is 0 Å². The van der Waals surface area contributed by atoms with E-state index in [1.54, 1.807) is 17.7 Å². The van der Waals surface area contributed by atoms with Crippen molar-refractivity contribution in [3.05, 3.63) is 60.6 Å². The summed E-state index contributed by atoms with van der Waals surface area (Å²) in [5.74, 6) is 0. The Bertz CT molecular complexity index is 1270. The van der Waals surface area contributed by atoms with Crippen LogP contribution in [0.3, 0.4) is 0 Å². The fourth-order valence-electron chi connectivity index (χ4n) is 3.55. The van der Waals surface area contributed by atoms with Gasteiger partial charge in [-0.25, -0.2) is 0 Å². The minimum Gasteiger partial charge on any atom is -0.272 e. The average molecular weight is 358 g/mol. The summed E-state index contributed by atoms with van der Waals surface area (Å²) in [6, 6.07) is 15.2. The fourth-order valence-corrected chi connectivity index (χ4v) is 4.60. The number of hydrogen-bond donors (Lipinski definition) is 0. The molecule has 3 aromatic heterocycles. The summed E-state index contributed by atoms with van der Waals surface area (Å²) in [6.45, 7) is 6.78. The van der Waals surface area contributed by atoms with Crippen molar-refractivity contribution < 1.29 is 0 Å². The van der Waals surface area contributed by atoms with E-state index >= 15 is 0 Å². The second-order valence-electron chi connectivity index (χ2n) is 7.59. The van der Waals surface area contributed by atoms with Crippen LogP contribution in [0.25, 0.3) is 37.2 Å². The highest BCUT2D eigenvalue weighted by molar-refractivity contribution is 7.24. The van der Waals surface area contributed by atoms with E-state index in [-0.39, 0.29) is 5.41 Å². The number of aromatic nitrogens is 4. The molecule has 0 atom stereocenters. The summed E-state index contributed by atoms with van der Waals surface area (Å²) in [5.41, 5.74) is 4.65. The van der Waals surface area contributed by atoms with Gasteiger partial charge in [-0.15, -0.1) is 10.2 Å². The van der Waals surface area contributed by atoms with Crippen LogP contribution in [-0.2, 0) is 5.41 Å². The van der Waals surface area contributed by atoms with E-state index in [2.05, 4.69) is 67.4 Å². The highest BCUT2D eigenvalue weighted by atomic mass is 32.1. The van der Waals surface area contributed by atoms with Crippen molar-refractivity contribution in [1.29, 1.82) is 0 Å². The normalized spacial score (nSPS) is 12.4. The Kier molecular flexibility index (Phi) is 3.18. The van der Waals surface area contributed by atoms with Gasteiger partial charge in [0.2, 0.25) is 4.96 Å². The molecule has 0 unspecified atom stereocenters. The van der Waals surface area contributed by atoms with Crippen LogP contribution in [0.15, 0.2) is 55.0 Å². The minimum atomic E-state index is 0.0530. The quantitative estimate of drug-likeness (QED) is 0.400. The maximum atomic E-state index is 4.73. The van der Waals surface area contributed by atoms with Crippen molar-refractivity contribution in [2.24, 2.45) is 0 Å². The fraction of sp³-hybridized carbons (Fsp3) is 0.190. The smallest absolute Gasteiger partial charge is 0.217 e. The van der Waals surface area contributed by atoms with Crippen molar-refractivity contribution >= 4 is 37.3 Å². The van der Waals surface area contributed by atoms with Gasteiger partial charge < -0.3 is 0 Å². The maximum Gasteiger partial charge on any atom is 0.217 e. The molecule has 0 amide bonds. The molecular weight excluding hydrogens is 340 g/mol. The first-order chi connectivity index (χ1) is 12.5. The molecule has 128 valence electrons. The van der Waals surface area contributed by atoms with E-state index in [0.717, 1.165) is 26.4 Å². The highest BCUT2D eigenvalue weighted by Crippen LogP contribution is 2.38. The van der Waals surface area contributed by atoms with Crippen molar-refractivity contribution in [3.8, 4) is 11.3 Å². The summed E-state index contributed by atoms with van der Waals surface area (Å²) < 4.78 is 3.17. The lowest BCUT2D eigenvalue weighted by Gasteiger charge is -2.22. The van der Waals surface area contributed by atoms with Gasteiger partial charge in [0.1, 0.15) is 6.33 Å². The topological polar surface area (TPSA) is 43.1 Å². The molecule has 0 bridgehead atoms.